The predicted molar refractivity (Wildman–Crippen MR) is 78.0 cm³/mol. The molecule has 4 N–H and O–H groups in total. The van der Waals surface area contributed by atoms with Gasteiger partial charge in [-0.1, -0.05) is 12.1 Å². The fraction of sp³-hybridized carbons (Fsp3) is 0.214. The van der Waals surface area contributed by atoms with Gasteiger partial charge < -0.3 is 15.7 Å². The van der Waals surface area contributed by atoms with E-state index in [-0.39, 0.29) is 5.57 Å². The summed E-state index contributed by atoms with van der Waals surface area (Å²) in [7, 11) is 0. The Labute approximate surface area is 120 Å². The fourth-order valence-electron chi connectivity index (χ4n) is 2.70. The highest BCUT2D eigenvalue weighted by Crippen LogP contribution is 2.37. The minimum absolute atomic E-state index is 0.0537. The minimum Gasteiger partial charge on any atom is -0.478 e. The van der Waals surface area contributed by atoms with E-state index in [9.17, 15) is 14.7 Å². The molecule has 1 aromatic carbocycles. The zero-order chi connectivity index (χ0) is 15.2. The maximum absolute atomic E-state index is 12.6. The molecule has 2 aliphatic rings. The number of rotatable bonds is 1. The maximum Gasteiger partial charge on any atom is 0.336 e. The van der Waals surface area contributed by atoms with Crippen LogP contribution in [0, 0.1) is 0 Å². The number of hydrazone groups is 1. The van der Waals surface area contributed by atoms with E-state index >= 15 is 0 Å². The topological polar surface area (TPSA) is 103 Å². The van der Waals surface area contributed by atoms with E-state index in [0.717, 1.165) is 0 Å². The van der Waals surface area contributed by atoms with Gasteiger partial charge in [0.15, 0.2) is 5.54 Å². The van der Waals surface area contributed by atoms with Crippen LogP contribution in [-0.4, -0.2) is 28.2 Å². The minimum atomic E-state index is -1.50. The Bertz CT molecular complexity index is 723. The Morgan fingerprint density at radius 1 is 1.24 bits per heavy atom. The molecule has 0 saturated heterocycles. The lowest BCUT2D eigenvalue weighted by atomic mass is 9.80. The number of hydrogen-bond donors (Lipinski definition) is 4. The van der Waals surface area contributed by atoms with Gasteiger partial charge in [-0.05, 0) is 26.0 Å². The number of fused-ring (bicyclic) bond motifs is 1. The van der Waals surface area contributed by atoms with E-state index in [1.54, 1.807) is 32.0 Å². The standard InChI is InChI=1S/C14H14N4O3/c1-7-11(12(19)20)14(8(2)18-17-7)13(21)15-9-5-3-4-6-10(9)16-14/h3-6,16-17H,1-2H3,(H,15,21)(H,19,20)/t14-/m1/s1. The second kappa shape index (κ2) is 4.34. The zero-order valence-electron chi connectivity index (χ0n) is 11.5. The van der Waals surface area contributed by atoms with Crippen LogP contribution in [0.3, 0.4) is 0 Å². The van der Waals surface area contributed by atoms with Gasteiger partial charge in [0, 0.05) is 5.70 Å². The molecule has 21 heavy (non-hydrogen) atoms. The summed E-state index contributed by atoms with van der Waals surface area (Å²) in [5, 5.41) is 19.4. The van der Waals surface area contributed by atoms with E-state index in [0.29, 0.717) is 22.8 Å². The van der Waals surface area contributed by atoms with Gasteiger partial charge in [0.1, 0.15) is 0 Å². The molecular formula is C14H14N4O3. The normalized spacial score (nSPS) is 23.7. The lowest BCUT2D eigenvalue weighted by Gasteiger charge is -2.41. The molecule has 1 atom stereocenters. The van der Waals surface area contributed by atoms with Gasteiger partial charge in [-0.3, -0.25) is 10.2 Å². The first kappa shape index (κ1) is 13.2. The number of carboxylic acid groups (broad SMARTS) is 1. The van der Waals surface area contributed by atoms with Gasteiger partial charge in [-0.15, -0.1) is 0 Å². The third-order valence-electron chi connectivity index (χ3n) is 3.74. The average molecular weight is 286 g/mol. The number of nitrogens with zero attached hydrogens (tertiary/aromatic N) is 1. The Kier molecular flexibility index (Phi) is 2.72. The van der Waals surface area contributed by atoms with Crippen LogP contribution in [0.2, 0.25) is 0 Å². The molecule has 7 heteroatoms. The summed E-state index contributed by atoms with van der Waals surface area (Å²) in [4.78, 5) is 24.3. The van der Waals surface area contributed by atoms with Crippen LogP contribution in [0.1, 0.15) is 13.8 Å². The van der Waals surface area contributed by atoms with Crippen molar-refractivity contribution in [2.24, 2.45) is 5.10 Å². The Morgan fingerprint density at radius 3 is 2.57 bits per heavy atom. The molecule has 2 aliphatic heterocycles. The van der Waals surface area contributed by atoms with Crippen molar-refractivity contribution in [1.82, 2.24) is 5.43 Å². The average Bonchev–Trinajstić information content (AvgIpc) is 2.44. The molecule has 0 aliphatic carbocycles. The summed E-state index contributed by atoms with van der Waals surface area (Å²) < 4.78 is 0. The van der Waals surface area contributed by atoms with Crippen molar-refractivity contribution < 1.29 is 14.7 Å². The number of amides is 1. The summed E-state index contributed by atoms with van der Waals surface area (Å²) >= 11 is 0. The van der Waals surface area contributed by atoms with Crippen molar-refractivity contribution in [2.75, 3.05) is 10.6 Å². The number of hydrogen-bond acceptors (Lipinski definition) is 5. The summed E-state index contributed by atoms with van der Waals surface area (Å²) in [6.45, 7) is 3.19. The monoisotopic (exact) mass is 286 g/mol. The summed E-state index contributed by atoms with van der Waals surface area (Å²) in [5.74, 6) is -1.63. The highest BCUT2D eigenvalue weighted by Gasteiger charge is 2.53. The van der Waals surface area contributed by atoms with Gasteiger partial charge >= 0.3 is 5.97 Å². The first-order chi connectivity index (χ1) is 9.96. The summed E-state index contributed by atoms with van der Waals surface area (Å²) in [6.07, 6.45) is 0. The number of carboxylic acids is 1. The number of nitrogens with one attached hydrogen (secondary N) is 3. The van der Waals surface area contributed by atoms with Crippen LogP contribution in [0.15, 0.2) is 40.6 Å². The Morgan fingerprint density at radius 2 is 1.90 bits per heavy atom. The number of aliphatic carboxylic acids is 1. The number of anilines is 2. The molecule has 1 spiro atoms. The first-order valence-electron chi connectivity index (χ1n) is 6.41. The number of carbonyl (C=O) groups excluding carboxylic acids is 1. The van der Waals surface area contributed by atoms with Crippen LogP contribution in [0.5, 0.6) is 0 Å². The molecule has 1 aromatic rings. The Balaban J connectivity index is 2.23. The summed E-state index contributed by atoms with van der Waals surface area (Å²) in [5.41, 5.74) is 3.03. The highest BCUT2D eigenvalue weighted by molar-refractivity contribution is 6.28. The number of benzene rings is 1. The van der Waals surface area contributed by atoms with E-state index in [2.05, 4.69) is 21.2 Å². The zero-order valence-corrected chi connectivity index (χ0v) is 11.5. The fourth-order valence-corrected chi connectivity index (χ4v) is 2.70. The van der Waals surface area contributed by atoms with Crippen LogP contribution < -0.4 is 16.1 Å². The van der Waals surface area contributed by atoms with Crippen LogP contribution in [0.4, 0.5) is 11.4 Å². The molecule has 0 unspecified atom stereocenters. The van der Waals surface area contributed by atoms with E-state index in [4.69, 9.17) is 0 Å². The largest absolute Gasteiger partial charge is 0.478 e. The predicted octanol–water partition coefficient (Wildman–Crippen LogP) is 1.13. The molecule has 1 amide bonds. The Hall–Kier alpha value is -2.83. The van der Waals surface area contributed by atoms with Crippen LogP contribution >= 0.6 is 0 Å². The van der Waals surface area contributed by atoms with Crippen molar-refractivity contribution in [1.29, 1.82) is 0 Å². The van der Waals surface area contributed by atoms with Gasteiger partial charge in [0.25, 0.3) is 5.91 Å². The maximum atomic E-state index is 12.6. The van der Waals surface area contributed by atoms with Gasteiger partial charge in [0.05, 0.1) is 22.7 Å². The molecule has 2 heterocycles. The lowest BCUT2D eigenvalue weighted by Crippen LogP contribution is -2.62. The van der Waals surface area contributed by atoms with Crippen molar-refractivity contribution in [2.45, 2.75) is 19.4 Å². The van der Waals surface area contributed by atoms with Crippen LogP contribution in [-0.2, 0) is 9.59 Å². The molecule has 0 saturated carbocycles. The van der Waals surface area contributed by atoms with E-state index in [1.807, 2.05) is 6.07 Å². The number of para-hydroxylation sites is 2. The van der Waals surface area contributed by atoms with Crippen LogP contribution in [0.25, 0.3) is 0 Å². The molecule has 7 nitrogen and oxygen atoms in total. The second-order valence-corrected chi connectivity index (χ2v) is 4.99. The third kappa shape index (κ3) is 1.70. The van der Waals surface area contributed by atoms with Gasteiger partial charge in [-0.25, -0.2) is 4.79 Å². The van der Waals surface area contributed by atoms with Crippen molar-refractivity contribution in [3.63, 3.8) is 0 Å². The number of allylic oxidation sites excluding steroid dienone is 1. The second-order valence-electron chi connectivity index (χ2n) is 4.99. The SMILES string of the molecule is CC1=NNC(C)=C(C(=O)O)[C@]12Nc1ccccc1NC2=O. The molecule has 3 rings (SSSR count). The van der Waals surface area contributed by atoms with Crippen molar-refractivity contribution in [3.05, 3.63) is 35.5 Å². The summed E-state index contributed by atoms with van der Waals surface area (Å²) in [6, 6.07) is 7.13. The van der Waals surface area contributed by atoms with E-state index < -0.39 is 17.4 Å². The molecule has 108 valence electrons. The highest BCUT2D eigenvalue weighted by atomic mass is 16.4. The molecule has 0 radical (unpaired) electrons. The molecule has 0 fully saturated rings. The van der Waals surface area contributed by atoms with Gasteiger partial charge in [-0.2, -0.15) is 5.10 Å². The lowest BCUT2D eigenvalue weighted by molar-refractivity contribution is -0.134. The third-order valence-corrected chi connectivity index (χ3v) is 3.74. The van der Waals surface area contributed by atoms with Crippen molar-refractivity contribution in [3.8, 4) is 0 Å². The van der Waals surface area contributed by atoms with Crippen molar-refractivity contribution >= 4 is 29.0 Å². The van der Waals surface area contributed by atoms with Gasteiger partial charge in [0.2, 0.25) is 0 Å². The smallest absolute Gasteiger partial charge is 0.336 e. The van der Waals surface area contributed by atoms with E-state index in [1.165, 1.54) is 0 Å². The first-order valence-corrected chi connectivity index (χ1v) is 6.41. The number of carbonyl (C=O) groups is 2. The quantitative estimate of drug-likeness (QED) is 0.619. The molecule has 0 bridgehead atoms. The molecular weight excluding hydrogens is 272 g/mol. The molecule has 0 aromatic heterocycles.